The first-order valence-corrected chi connectivity index (χ1v) is 7.56. The van der Waals surface area contributed by atoms with Gasteiger partial charge in [-0.05, 0) is 36.4 Å². The van der Waals surface area contributed by atoms with Crippen LogP contribution in [0.15, 0.2) is 60.7 Å². The Labute approximate surface area is 148 Å². The lowest BCUT2D eigenvalue weighted by Gasteiger charge is -2.07. The number of nitrogens with zero attached hydrogens (tertiary/aromatic N) is 2. The molecule has 1 aromatic heterocycles. The van der Waals surface area contributed by atoms with Crippen LogP contribution in [0, 0.1) is 0 Å². The fourth-order valence-electron chi connectivity index (χ4n) is 2.27. The van der Waals surface area contributed by atoms with Gasteiger partial charge in [0, 0.05) is 11.3 Å². The molecule has 4 N–H and O–H groups in total. The molecule has 2 amide bonds. The van der Waals surface area contributed by atoms with E-state index in [1.54, 1.807) is 23.5 Å². The molecule has 3 rings (SSSR count). The number of para-hydroxylation sites is 1. The van der Waals surface area contributed by atoms with Crippen molar-refractivity contribution in [1.82, 2.24) is 15.5 Å². The zero-order valence-corrected chi connectivity index (χ0v) is 13.4. The number of benzene rings is 2. The highest BCUT2D eigenvalue weighted by atomic mass is 16.4. The molecule has 0 atom stereocenters. The molecule has 26 heavy (non-hydrogen) atoms. The number of carboxylic acid groups (broad SMARTS) is 1. The van der Waals surface area contributed by atoms with Crippen molar-refractivity contribution in [2.24, 2.45) is 0 Å². The number of phenols is 1. The minimum atomic E-state index is -1.49. The van der Waals surface area contributed by atoms with Gasteiger partial charge in [-0.15, -0.1) is 10.2 Å². The van der Waals surface area contributed by atoms with Gasteiger partial charge in [0.05, 0.1) is 11.3 Å². The van der Waals surface area contributed by atoms with E-state index in [1.165, 1.54) is 12.1 Å². The Hall–Kier alpha value is -3.94. The number of carbonyl (C=O) groups excluding carboxylic acids is 1. The SMILES string of the molecule is O=C(O)NC(=O)c1ccc(-c2ccc(Nc3ccccc3)nn2)cc1O. The number of hydrogen-bond donors (Lipinski definition) is 4. The monoisotopic (exact) mass is 350 g/mol. The Kier molecular flexibility index (Phi) is 4.75. The van der Waals surface area contributed by atoms with Crippen LogP contribution in [-0.2, 0) is 0 Å². The molecule has 130 valence electrons. The predicted molar refractivity (Wildman–Crippen MR) is 94.3 cm³/mol. The number of anilines is 2. The number of nitrogens with one attached hydrogen (secondary N) is 2. The van der Waals surface area contributed by atoms with Crippen LogP contribution in [0.25, 0.3) is 11.3 Å². The first kappa shape index (κ1) is 16.9. The summed E-state index contributed by atoms with van der Waals surface area (Å²) in [7, 11) is 0. The Morgan fingerprint density at radius 1 is 0.923 bits per heavy atom. The van der Waals surface area contributed by atoms with Crippen LogP contribution in [0.5, 0.6) is 5.75 Å². The molecule has 0 unspecified atom stereocenters. The van der Waals surface area contributed by atoms with Crippen LogP contribution in [0.2, 0.25) is 0 Å². The van der Waals surface area contributed by atoms with E-state index in [9.17, 15) is 14.7 Å². The van der Waals surface area contributed by atoms with E-state index in [0.29, 0.717) is 17.1 Å². The summed E-state index contributed by atoms with van der Waals surface area (Å²) < 4.78 is 0. The van der Waals surface area contributed by atoms with Gasteiger partial charge in [0.2, 0.25) is 0 Å². The zero-order valence-electron chi connectivity index (χ0n) is 13.4. The first-order chi connectivity index (χ1) is 12.5. The smallest absolute Gasteiger partial charge is 0.411 e. The number of aromatic hydroxyl groups is 1. The summed E-state index contributed by atoms with van der Waals surface area (Å²) in [5, 5.41) is 31.5. The van der Waals surface area contributed by atoms with Gasteiger partial charge < -0.3 is 15.5 Å². The molecule has 0 radical (unpaired) electrons. The third kappa shape index (κ3) is 3.93. The van der Waals surface area contributed by atoms with Gasteiger partial charge in [0.1, 0.15) is 5.75 Å². The van der Waals surface area contributed by atoms with Crippen molar-refractivity contribution in [1.29, 1.82) is 0 Å². The van der Waals surface area contributed by atoms with Crippen molar-refractivity contribution in [2.75, 3.05) is 5.32 Å². The van der Waals surface area contributed by atoms with Crippen molar-refractivity contribution in [3.63, 3.8) is 0 Å². The number of rotatable bonds is 4. The molecule has 0 fully saturated rings. The van der Waals surface area contributed by atoms with E-state index in [0.717, 1.165) is 5.69 Å². The van der Waals surface area contributed by atoms with Crippen molar-refractivity contribution in [3.05, 3.63) is 66.2 Å². The molecule has 0 aliphatic carbocycles. The summed E-state index contributed by atoms with van der Waals surface area (Å²) in [5.41, 5.74) is 1.75. The highest BCUT2D eigenvalue weighted by molar-refractivity contribution is 6.04. The maximum absolute atomic E-state index is 11.7. The van der Waals surface area contributed by atoms with E-state index in [4.69, 9.17) is 5.11 Å². The second-order valence-corrected chi connectivity index (χ2v) is 5.29. The third-order valence-corrected chi connectivity index (χ3v) is 3.47. The van der Waals surface area contributed by atoms with Gasteiger partial charge in [-0.1, -0.05) is 24.3 Å². The van der Waals surface area contributed by atoms with Crippen molar-refractivity contribution in [3.8, 4) is 17.0 Å². The van der Waals surface area contributed by atoms with Gasteiger partial charge in [-0.3, -0.25) is 10.1 Å². The number of imide groups is 1. The molecule has 0 saturated heterocycles. The fourth-order valence-corrected chi connectivity index (χ4v) is 2.27. The summed E-state index contributed by atoms with van der Waals surface area (Å²) in [6, 6.07) is 17.1. The summed E-state index contributed by atoms with van der Waals surface area (Å²) in [4.78, 5) is 22.2. The molecule has 0 spiro atoms. The standard InChI is InChI=1S/C18H14N4O4/c23-15-10-11(6-7-13(15)17(24)20-18(25)26)14-8-9-16(22-21-14)19-12-4-2-1-3-5-12/h1-10,23H,(H,19,22)(H,20,24)(H,25,26). The van der Waals surface area contributed by atoms with Crippen molar-refractivity contribution >= 4 is 23.5 Å². The van der Waals surface area contributed by atoms with E-state index < -0.39 is 12.0 Å². The minimum Gasteiger partial charge on any atom is -0.507 e. The van der Waals surface area contributed by atoms with Crippen molar-refractivity contribution in [2.45, 2.75) is 0 Å². The normalized spacial score (nSPS) is 10.2. The summed E-state index contributed by atoms with van der Waals surface area (Å²) in [6.07, 6.45) is -1.49. The lowest BCUT2D eigenvalue weighted by Crippen LogP contribution is -2.28. The molecule has 2 aromatic carbocycles. The van der Waals surface area contributed by atoms with Gasteiger partial charge in [0.15, 0.2) is 5.82 Å². The summed E-state index contributed by atoms with van der Waals surface area (Å²) in [5.74, 6) is -0.703. The topological polar surface area (TPSA) is 124 Å². The molecule has 0 aliphatic heterocycles. The fraction of sp³-hybridized carbons (Fsp3) is 0. The highest BCUT2D eigenvalue weighted by Crippen LogP contribution is 2.25. The van der Waals surface area contributed by atoms with Crippen LogP contribution in [-0.4, -0.2) is 32.4 Å². The molecule has 1 heterocycles. The molecular formula is C18H14N4O4. The van der Waals surface area contributed by atoms with Gasteiger partial charge in [0.25, 0.3) is 5.91 Å². The minimum absolute atomic E-state index is 0.147. The molecule has 0 saturated carbocycles. The summed E-state index contributed by atoms with van der Waals surface area (Å²) >= 11 is 0. The lowest BCUT2D eigenvalue weighted by molar-refractivity contribution is 0.0945. The van der Waals surface area contributed by atoms with Crippen LogP contribution < -0.4 is 10.6 Å². The Morgan fingerprint density at radius 3 is 2.31 bits per heavy atom. The molecule has 8 nitrogen and oxygen atoms in total. The molecule has 0 aliphatic rings. The van der Waals surface area contributed by atoms with Crippen LogP contribution in [0.4, 0.5) is 16.3 Å². The number of hydrogen-bond acceptors (Lipinski definition) is 6. The predicted octanol–water partition coefficient (Wildman–Crippen LogP) is 3.00. The average molecular weight is 350 g/mol. The Bertz CT molecular complexity index is 943. The first-order valence-electron chi connectivity index (χ1n) is 7.56. The highest BCUT2D eigenvalue weighted by Gasteiger charge is 2.14. The molecule has 3 aromatic rings. The van der Waals surface area contributed by atoms with Gasteiger partial charge in [-0.25, -0.2) is 4.79 Å². The average Bonchev–Trinajstić information content (AvgIpc) is 2.62. The number of phenolic OH excluding ortho intramolecular Hbond substituents is 1. The number of amides is 2. The third-order valence-electron chi connectivity index (χ3n) is 3.47. The van der Waals surface area contributed by atoms with E-state index in [-0.39, 0.29) is 11.3 Å². The quantitative estimate of drug-likeness (QED) is 0.570. The summed E-state index contributed by atoms with van der Waals surface area (Å²) in [6.45, 7) is 0. The zero-order chi connectivity index (χ0) is 18.5. The van der Waals surface area contributed by atoms with Crippen molar-refractivity contribution < 1.29 is 19.8 Å². The molecular weight excluding hydrogens is 336 g/mol. The van der Waals surface area contributed by atoms with E-state index in [1.807, 2.05) is 30.3 Å². The number of aromatic nitrogens is 2. The van der Waals surface area contributed by atoms with E-state index >= 15 is 0 Å². The van der Waals surface area contributed by atoms with Crippen LogP contribution in [0.1, 0.15) is 10.4 Å². The molecule has 0 bridgehead atoms. The largest absolute Gasteiger partial charge is 0.507 e. The Morgan fingerprint density at radius 2 is 1.69 bits per heavy atom. The maximum atomic E-state index is 11.7. The second-order valence-electron chi connectivity index (χ2n) is 5.29. The Balaban J connectivity index is 1.78. The lowest BCUT2D eigenvalue weighted by atomic mass is 10.1. The van der Waals surface area contributed by atoms with Crippen LogP contribution >= 0.6 is 0 Å². The molecule has 8 heteroatoms. The maximum Gasteiger partial charge on any atom is 0.411 e. The number of carbonyl (C=O) groups is 2. The van der Waals surface area contributed by atoms with E-state index in [2.05, 4.69) is 15.5 Å². The second kappa shape index (κ2) is 7.31. The van der Waals surface area contributed by atoms with Gasteiger partial charge in [-0.2, -0.15) is 0 Å². The van der Waals surface area contributed by atoms with Gasteiger partial charge >= 0.3 is 6.09 Å². The van der Waals surface area contributed by atoms with Crippen LogP contribution in [0.3, 0.4) is 0 Å².